The Morgan fingerprint density at radius 1 is 0.895 bits per heavy atom. The highest BCUT2D eigenvalue weighted by Crippen LogP contribution is 2.41. The highest BCUT2D eigenvalue weighted by Gasteiger charge is 2.30. The van der Waals surface area contributed by atoms with Crippen molar-refractivity contribution in [2.75, 3.05) is 0 Å². The lowest BCUT2D eigenvalue weighted by Crippen LogP contribution is -2.25. The zero-order valence-electron chi connectivity index (χ0n) is 12.5. The molecule has 0 radical (unpaired) electrons. The molecule has 2 aliphatic carbocycles. The molecule has 0 amide bonds. The minimum atomic E-state index is 0.587. The zero-order valence-corrected chi connectivity index (χ0v) is 12.5. The molecule has 0 heteroatoms. The minimum Gasteiger partial charge on any atom is -0.106 e. The minimum absolute atomic E-state index is 0.587. The molecule has 2 fully saturated rings. The largest absolute Gasteiger partial charge is 0.106 e. The Balaban J connectivity index is 1.72. The van der Waals surface area contributed by atoms with Gasteiger partial charge in [0, 0.05) is 5.92 Å². The van der Waals surface area contributed by atoms with Crippen LogP contribution in [0.25, 0.3) is 0 Å². The fourth-order valence-electron chi connectivity index (χ4n) is 4.24. The monoisotopic (exact) mass is 256 g/mol. The summed E-state index contributed by atoms with van der Waals surface area (Å²) in [5, 5.41) is 0. The molecule has 0 saturated heterocycles. The van der Waals surface area contributed by atoms with Gasteiger partial charge in [-0.1, -0.05) is 38.5 Å². The topological polar surface area (TPSA) is 0 Å². The predicted molar refractivity (Wildman–Crippen MR) is 82.4 cm³/mol. The Bertz CT molecular complexity index is 346. The average Bonchev–Trinajstić information content (AvgIpc) is 2.47. The van der Waals surface area contributed by atoms with E-state index >= 15 is 0 Å². The van der Waals surface area contributed by atoms with E-state index in [0.29, 0.717) is 5.92 Å². The van der Waals surface area contributed by atoms with Gasteiger partial charge >= 0.3 is 0 Å². The molecule has 0 nitrogen and oxygen atoms in total. The molecule has 2 aliphatic rings. The first-order valence-corrected chi connectivity index (χ1v) is 8.29. The van der Waals surface area contributed by atoms with Gasteiger partial charge in [-0.2, -0.15) is 0 Å². The van der Waals surface area contributed by atoms with Gasteiger partial charge in [-0.3, -0.25) is 0 Å². The van der Waals surface area contributed by atoms with Crippen molar-refractivity contribution in [3.8, 4) is 24.2 Å². The predicted octanol–water partition coefficient (Wildman–Crippen LogP) is 5.04. The van der Waals surface area contributed by atoms with E-state index in [4.69, 9.17) is 6.42 Å². The first kappa shape index (κ1) is 14.5. The van der Waals surface area contributed by atoms with Crippen molar-refractivity contribution in [1.82, 2.24) is 0 Å². The zero-order chi connectivity index (χ0) is 13.5. The molecule has 104 valence electrons. The average molecular weight is 256 g/mol. The Morgan fingerprint density at radius 3 is 2.00 bits per heavy atom. The molecule has 2 saturated carbocycles. The molecule has 0 aromatic carbocycles. The number of rotatable bonds is 3. The summed E-state index contributed by atoms with van der Waals surface area (Å²) in [5.41, 5.74) is 0. The second kappa shape index (κ2) is 7.65. The van der Waals surface area contributed by atoms with E-state index < -0.39 is 0 Å². The highest BCUT2D eigenvalue weighted by atomic mass is 14.3. The van der Waals surface area contributed by atoms with Crippen LogP contribution in [0.3, 0.4) is 0 Å². The van der Waals surface area contributed by atoms with E-state index in [-0.39, 0.29) is 0 Å². The van der Waals surface area contributed by atoms with Crippen molar-refractivity contribution in [1.29, 1.82) is 0 Å². The molecule has 0 aromatic heterocycles. The smallest absolute Gasteiger partial charge is 0.0213 e. The molecule has 0 N–H and O–H groups in total. The fraction of sp³-hybridized carbons (Fsp3) is 0.789. The quantitative estimate of drug-likeness (QED) is 0.621. The van der Waals surface area contributed by atoms with Gasteiger partial charge in [0.2, 0.25) is 0 Å². The van der Waals surface area contributed by atoms with Gasteiger partial charge < -0.3 is 0 Å². The van der Waals surface area contributed by atoms with Gasteiger partial charge in [0.1, 0.15) is 0 Å². The Kier molecular flexibility index (Phi) is 5.85. The Morgan fingerprint density at radius 2 is 1.47 bits per heavy atom. The summed E-state index contributed by atoms with van der Waals surface area (Å²) in [5.74, 6) is 12.1. The molecular formula is C19H28. The maximum atomic E-state index is 5.20. The first-order valence-electron chi connectivity index (χ1n) is 8.29. The standard InChI is InChI=1S/C19H28/c1-3-5-7-17-10-14-19(15-11-17)18-12-8-16(6-4-2)9-13-18/h1,16-19H,4,6,8-15H2,2H3. The Hall–Kier alpha value is -0.880. The van der Waals surface area contributed by atoms with Crippen LogP contribution >= 0.6 is 0 Å². The van der Waals surface area contributed by atoms with Crippen LogP contribution in [0.2, 0.25) is 0 Å². The molecule has 0 aromatic rings. The van der Waals surface area contributed by atoms with Crippen LogP contribution in [0.1, 0.15) is 71.1 Å². The van der Waals surface area contributed by atoms with Crippen molar-refractivity contribution in [2.24, 2.45) is 23.7 Å². The van der Waals surface area contributed by atoms with Crippen molar-refractivity contribution < 1.29 is 0 Å². The van der Waals surface area contributed by atoms with Crippen molar-refractivity contribution in [3.05, 3.63) is 0 Å². The first-order chi connectivity index (χ1) is 9.33. The van der Waals surface area contributed by atoms with E-state index in [1.807, 2.05) is 0 Å². The van der Waals surface area contributed by atoms with Crippen LogP contribution in [-0.4, -0.2) is 0 Å². The summed E-state index contributed by atoms with van der Waals surface area (Å²) in [7, 11) is 0. The van der Waals surface area contributed by atoms with Gasteiger partial charge in [-0.15, -0.1) is 6.42 Å². The molecule has 0 spiro atoms. The van der Waals surface area contributed by atoms with Gasteiger partial charge in [-0.25, -0.2) is 0 Å². The molecule has 0 aliphatic heterocycles. The summed E-state index contributed by atoms with van der Waals surface area (Å²) in [6.07, 6.45) is 19.4. The lowest BCUT2D eigenvalue weighted by molar-refractivity contribution is 0.154. The van der Waals surface area contributed by atoms with E-state index in [0.717, 1.165) is 17.8 Å². The lowest BCUT2D eigenvalue weighted by Gasteiger charge is -2.37. The maximum Gasteiger partial charge on any atom is 0.0213 e. The molecule has 0 atom stereocenters. The molecule has 19 heavy (non-hydrogen) atoms. The summed E-state index contributed by atoms with van der Waals surface area (Å²) in [6, 6.07) is 0. The summed E-state index contributed by atoms with van der Waals surface area (Å²) in [6.45, 7) is 2.32. The lowest BCUT2D eigenvalue weighted by atomic mass is 9.69. The summed E-state index contributed by atoms with van der Waals surface area (Å²) in [4.78, 5) is 0. The van der Waals surface area contributed by atoms with Gasteiger partial charge in [-0.05, 0) is 68.1 Å². The van der Waals surface area contributed by atoms with Gasteiger partial charge in [0.25, 0.3) is 0 Å². The van der Waals surface area contributed by atoms with Crippen LogP contribution in [0.5, 0.6) is 0 Å². The fourth-order valence-corrected chi connectivity index (χ4v) is 4.24. The van der Waals surface area contributed by atoms with Crippen LogP contribution in [-0.2, 0) is 0 Å². The van der Waals surface area contributed by atoms with E-state index in [1.165, 1.54) is 64.2 Å². The van der Waals surface area contributed by atoms with Crippen molar-refractivity contribution >= 4 is 0 Å². The second-order valence-electron chi connectivity index (χ2n) is 6.59. The number of terminal acetylenes is 1. The molecular weight excluding hydrogens is 228 g/mol. The van der Waals surface area contributed by atoms with Crippen LogP contribution in [0, 0.1) is 47.9 Å². The van der Waals surface area contributed by atoms with Gasteiger partial charge in [0.15, 0.2) is 0 Å². The SMILES string of the molecule is C#CC#CC1CCC(C2CCC(CCC)CC2)CC1. The van der Waals surface area contributed by atoms with Crippen molar-refractivity contribution in [2.45, 2.75) is 71.1 Å². The third-order valence-electron chi connectivity index (χ3n) is 5.38. The molecule has 0 unspecified atom stereocenters. The van der Waals surface area contributed by atoms with Crippen LogP contribution in [0.4, 0.5) is 0 Å². The molecule has 2 rings (SSSR count). The number of hydrogen-bond donors (Lipinski definition) is 0. The number of hydrogen-bond acceptors (Lipinski definition) is 0. The summed E-state index contributed by atoms with van der Waals surface area (Å²) < 4.78 is 0. The third-order valence-corrected chi connectivity index (χ3v) is 5.38. The van der Waals surface area contributed by atoms with Crippen molar-refractivity contribution in [3.63, 3.8) is 0 Å². The highest BCUT2D eigenvalue weighted by molar-refractivity contribution is 5.23. The van der Waals surface area contributed by atoms with E-state index in [2.05, 4.69) is 24.7 Å². The summed E-state index contributed by atoms with van der Waals surface area (Å²) >= 11 is 0. The second-order valence-corrected chi connectivity index (χ2v) is 6.59. The Labute approximate surface area is 119 Å². The van der Waals surface area contributed by atoms with E-state index in [9.17, 15) is 0 Å². The van der Waals surface area contributed by atoms with Crippen LogP contribution < -0.4 is 0 Å². The maximum absolute atomic E-state index is 5.20. The normalized spacial score (nSPS) is 34.9. The van der Waals surface area contributed by atoms with Crippen LogP contribution in [0.15, 0.2) is 0 Å². The molecule has 0 bridgehead atoms. The van der Waals surface area contributed by atoms with Gasteiger partial charge in [0.05, 0.1) is 0 Å². The third kappa shape index (κ3) is 4.31. The molecule has 0 heterocycles. The van der Waals surface area contributed by atoms with E-state index in [1.54, 1.807) is 0 Å².